The number of aliphatic hydroxyl groups is 1. The Morgan fingerprint density at radius 2 is 1.93 bits per heavy atom. The molecular weight excluding hydrogens is 244 g/mol. The fraction of sp³-hybridized carbons (Fsp3) is 0.455. The van der Waals surface area contributed by atoms with E-state index in [4.69, 9.17) is 4.74 Å². The Morgan fingerprint density at radius 3 is 2.50 bits per heavy atom. The van der Waals surface area contributed by atoms with Gasteiger partial charge in [0.05, 0.1) is 18.8 Å². The van der Waals surface area contributed by atoms with Crippen molar-refractivity contribution in [3.8, 4) is 0 Å². The van der Waals surface area contributed by atoms with Crippen LogP contribution in [0.2, 0.25) is 0 Å². The Kier molecular flexibility index (Phi) is 3.21. The number of halogens is 1. The van der Waals surface area contributed by atoms with Crippen molar-refractivity contribution in [2.45, 2.75) is 25.0 Å². The molecule has 1 aromatic rings. The third-order valence-electron chi connectivity index (χ3n) is 2.49. The summed E-state index contributed by atoms with van der Waals surface area (Å²) in [5.41, 5.74) is 1.19. The Bertz CT molecular complexity index is 289. The number of ether oxygens (including phenoxy) is 1. The zero-order valence-electron chi connectivity index (χ0n) is 7.82. The molecule has 0 aliphatic carbocycles. The van der Waals surface area contributed by atoms with Crippen molar-refractivity contribution in [2.24, 2.45) is 0 Å². The first-order valence-electron chi connectivity index (χ1n) is 4.81. The second-order valence-corrected chi connectivity index (χ2v) is 4.52. The molecule has 1 aromatic carbocycles. The van der Waals surface area contributed by atoms with E-state index in [0.717, 1.165) is 17.3 Å². The van der Waals surface area contributed by atoms with Gasteiger partial charge in [0.15, 0.2) is 0 Å². The first-order valence-corrected chi connectivity index (χ1v) is 5.60. The van der Waals surface area contributed by atoms with E-state index in [9.17, 15) is 5.11 Å². The van der Waals surface area contributed by atoms with Crippen LogP contribution in [0.1, 0.15) is 24.5 Å². The molecule has 0 radical (unpaired) electrons. The molecule has 2 atom stereocenters. The van der Waals surface area contributed by atoms with Gasteiger partial charge in [-0.1, -0.05) is 28.1 Å². The van der Waals surface area contributed by atoms with E-state index in [1.807, 2.05) is 12.1 Å². The van der Waals surface area contributed by atoms with Gasteiger partial charge in [-0.2, -0.15) is 0 Å². The predicted octanol–water partition coefficient (Wildman–Crippen LogP) is 2.66. The second-order valence-electron chi connectivity index (χ2n) is 3.60. The molecule has 0 spiro atoms. The van der Waals surface area contributed by atoms with Crippen molar-refractivity contribution in [1.29, 1.82) is 0 Å². The summed E-state index contributed by atoms with van der Waals surface area (Å²) in [4.78, 5) is 0. The van der Waals surface area contributed by atoms with Crippen LogP contribution in [-0.4, -0.2) is 17.8 Å². The van der Waals surface area contributed by atoms with Crippen molar-refractivity contribution in [3.05, 3.63) is 34.3 Å². The van der Waals surface area contributed by atoms with Crippen molar-refractivity contribution in [1.82, 2.24) is 0 Å². The topological polar surface area (TPSA) is 29.5 Å². The van der Waals surface area contributed by atoms with Gasteiger partial charge in [0.25, 0.3) is 0 Å². The zero-order valence-corrected chi connectivity index (χ0v) is 9.40. The minimum absolute atomic E-state index is 0.159. The Hall–Kier alpha value is -0.380. The lowest BCUT2D eigenvalue weighted by atomic mass is 10.0. The monoisotopic (exact) mass is 256 g/mol. The van der Waals surface area contributed by atoms with Gasteiger partial charge in [-0.05, 0) is 30.5 Å². The van der Waals surface area contributed by atoms with Gasteiger partial charge in [0.1, 0.15) is 0 Å². The van der Waals surface area contributed by atoms with Crippen LogP contribution in [0, 0.1) is 0 Å². The molecule has 3 heteroatoms. The molecule has 1 aliphatic rings. The molecule has 1 aliphatic heterocycles. The molecular formula is C11H13BrO2. The van der Waals surface area contributed by atoms with E-state index in [1.165, 1.54) is 5.56 Å². The van der Waals surface area contributed by atoms with Crippen LogP contribution in [0.25, 0.3) is 0 Å². The lowest BCUT2D eigenvalue weighted by molar-refractivity contribution is -0.0568. The van der Waals surface area contributed by atoms with Gasteiger partial charge in [-0.25, -0.2) is 0 Å². The summed E-state index contributed by atoms with van der Waals surface area (Å²) in [5, 5.41) is 9.29. The Labute approximate surface area is 92.0 Å². The average molecular weight is 257 g/mol. The Morgan fingerprint density at radius 1 is 1.21 bits per heavy atom. The molecule has 14 heavy (non-hydrogen) atoms. The number of benzene rings is 1. The van der Waals surface area contributed by atoms with Crippen LogP contribution >= 0.6 is 15.9 Å². The third-order valence-corrected chi connectivity index (χ3v) is 3.02. The lowest BCUT2D eigenvalue weighted by Gasteiger charge is -2.26. The summed E-state index contributed by atoms with van der Waals surface area (Å²) < 4.78 is 6.63. The maximum Gasteiger partial charge on any atom is 0.0827 e. The highest BCUT2D eigenvalue weighted by molar-refractivity contribution is 9.10. The fourth-order valence-electron chi connectivity index (χ4n) is 1.68. The zero-order chi connectivity index (χ0) is 9.97. The molecule has 0 aromatic heterocycles. The van der Waals surface area contributed by atoms with Gasteiger partial charge >= 0.3 is 0 Å². The van der Waals surface area contributed by atoms with E-state index in [0.29, 0.717) is 6.61 Å². The van der Waals surface area contributed by atoms with E-state index in [2.05, 4.69) is 28.1 Å². The second kappa shape index (κ2) is 4.43. The highest BCUT2D eigenvalue weighted by atomic mass is 79.9. The van der Waals surface area contributed by atoms with Crippen LogP contribution in [0.3, 0.4) is 0 Å². The summed E-state index contributed by atoms with van der Waals surface area (Å²) in [7, 11) is 0. The van der Waals surface area contributed by atoms with Crippen LogP contribution in [0.4, 0.5) is 0 Å². The van der Waals surface area contributed by atoms with E-state index in [1.54, 1.807) is 0 Å². The van der Waals surface area contributed by atoms with Gasteiger partial charge in [0.2, 0.25) is 0 Å². The van der Waals surface area contributed by atoms with Crippen molar-refractivity contribution >= 4 is 15.9 Å². The maximum absolute atomic E-state index is 9.29. The lowest BCUT2D eigenvalue weighted by Crippen LogP contribution is -2.24. The minimum atomic E-state index is -0.276. The van der Waals surface area contributed by atoms with E-state index >= 15 is 0 Å². The van der Waals surface area contributed by atoms with Gasteiger partial charge < -0.3 is 9.84 Å². The molecule has 76 valence electrons. The molecule has 0 bridgehead atoms. The predicted molar refractivity (Wildman–Crippen MR) is 58.1 cm³/mol. The van der Waals surface area contributed by atoms with Crippen LogP contribution in [0.5, 0.6) is 0 Å². The molecule has 1 heterocycles. The summed E-state index contributed by atoms with van der Waals surface area (Å²) in [6.07, 6.45) is 1.62. The summed E-state index contributed by atoms with van der Waals surface area (Å²) in [6.45, 7) is 0.459. The maximum atomic E-state index is 9.29. The van der Waals surface area contributed by atoms with E-state index < -0.39 is 0 Å². The van der Waals surface area contributed by atoms with Gasteiger partial charge in [-0.15, -0.1) is 0 Å². The highest BCUT2D eigenvalue weighted by Crippen LogP contribution is 2.28. The Balaban J connectivity index is 2.05. The number of hydrogen-bond donors (Lipinski definition) is 1. The van der Waals surface area contributed by atoms with Crippen LogP contribution < -0.4 is 0 Å². The van der Waals surface area contributed by atoms with Crippen LogP contribution in [0.15, 0.2) is 28.7 Å². The smallest absolute Gasteiger partial charge is 0.0827 e. The number of rotatable bonds is 1. The summed E-state index contributed by atoms with van der Waals surface area (Å²) in [5.74, 6) is 0. The molecule has 2 rings (SSSR count). The van der Waals surface area contributed by atoms with Crippen molar-refractivity contribution < 1.29 is 9.84 Å². The van der Waals surface area contributed by atoms with Crippen LogP contribution in [-0.2, 0) is 4.74 Å². The van der Waals surface area contributed by atoms with E-state index in [-0.39, 0.29) is 12.2 Å². The number of aliphatic hydroxyl groups excluding tert-OH is 1. The minimum Gasteiger partial charge on any atom is -0.391 e. The van der Waals surface area contributed by atoms with Crippen molar-refractivity contribution in [3.63, 3.8) is 0 Å². The average Bonchev–Trinajstić information content (AvgIpc) is 2.21. The summed E-state index contributed by atoms with van der Waals surface area (Å²) in [6, 6.07) is 8.16. The van der Waals surface area contributed by atoms with Crippen molar-refractivity contribution in [2.75, 3.05) is 6.61 Å². The standard InChI is InChI=1S/C11H13BrO2/c12-9-3-1-8(2-4-9)11-6-5-10(13)7-14-11/h1-4,10-11,13H,5-7H2/t10-,11-/m1/s1. The third kappa shape index (κ3) is 2.35. The molecule has 1 N–H and O–H groups in total. The summed E-state index contributed by atoms with van der Waals surface area (Å²) >= 11 is 3.40. The normalized spacial score (nSPS) is 27.6. The fourth-order valence-corrected chi connectivity index (χ4v) is 1.94. The molecule has 1 saturated heterocycles. The molecule has 0 unspecified atom stereocenters. The quantitative estimate of drug-likeness (QED) is 0.838. The molecule has 1 fully saturated rings. The number of hydrogen-bond acceptors (Lipinski definition) is 2. The SMILES string of the molecule is O[C@@H]1CC[C@H](c2ccc(Br)cc2)OC1. The molecule has 0 saturated carbocycles. The van der Waals surface area contributed by atoms with Gasteiger partial charge in [-0.3, -0.25) is 0 Å². The van der Waals surface area contributed by atoms with Gasteiger partial charge in [0, 0.05) is 4.47 Å². The first kappa shape index (κ1) is 10.1. The molecule has 2 nitrogen and oxygen atoms in total. The highest BCUT2D eigenvalue weighted by Gasteiger charge is 2.20. The largest absolute Gasteiger partial charge is 0.391 e. The molecule has 0 amide bonds. The first-order chi connectivity index (χ1) is 6.75.